The number of hydrogen-bond acceptors (Lipinski definition) is 0. The van der Waals surface area contributed by atoms with Crippen LogP contribution in [0.2, 0.25) is 0 Å². The molecule has 2 aromatic carbocycles. The van der Waals surface area contributed by atoms with E-state index in [1.165, 1.54) is 22.3 Å². The van der Waals surface area contributed by atoms with E-state index < -0.39 is 14.8 Å². The Morgan fingerprint density at radius 1 is 0.870 bits per heavy atom. The molecule has 2 unspecified atom stereocenters. The van der Waals surface area contributed by atoms with Crippen LogP contribution in [-0.4, -0.2) is 3.71 Å². The molecule has 116 valence electrons. The molecule has 0 saturated heterocycles. The molecule has 0 heterocycles. The van der Waals surface area contributed by atoms with Gasteiger partial charge in [-0.2, -0.15) is 0 Å². The van der Waals surface area contributed by atoms with Crippen molar-refractivity contribution in [3.05, 3.63) is 82.9 Å². The minimum absolute atomic E-state index is 0.278. The third kappa shape index (κ3) is 2.29. The second-order valence-corrected chi connectivity index (χ2v) is 35.1. The van der Waals surface area contributed by atoms with E-state index in [1.807, 2.05) is 0 Å². The summed E-state index contributed by atoms with van der Waals surface area (Å²) in [5, 5.41) is 0. The molecule has 0 amide bonds. The number of allylic oxidation sites excluding steroid dienone is 2. The first-order chi connectivity index (χ1) is 11.0. The molecule has 0 fully saturated rings. The number of benzene rings is 2. The quantitative estimate of drug-likeness (QED) is 0.476. The third-order valence-corrected chi connectivity index (χ3v) is 29.0. The zero-order chi connectivity index (χ0) is 16.1. The Morgan fingerprint density at radius 3 is 1.74 bits per heavy atom. The molecule has 0 aliphatic heterocycles. The van der Waals surface area contributed by atoms with Crippen LogP contribution in [0, 0.1) is 0 Å². The zero-order valence-electron chi connectivity index (χ0n) is 12.9. The summed E-state index contributed by atoms with van der Waals surface area (Å²) in [7, 11) is 7.62. The molecule has 4 rings (SSSR count). The van der Waals surface area contributed by atoms with Gasteiger partial charge in [0.25, 0.3) is 0 Å². The SMILES string of the molecule is C[CH]=[Zr]([Cl])([Br])([CH]1C=Cc2ccccc21)[CH]1C=Cc2ccccc21. The van der Waals surface area contributed by atoms with E-state index in [0.717, 1.165) is 0 Å². The summed E-state index contributed by atoms with van der Waals surface area (Å²) < 4.78 is 2.87. The van der Waals surface area contributed by atoms with Crippen LogP contribution in [-0.2, 0) is 14.8 Å². The minimum atomic E-state index is -3.94. The summed E-state index contributed by atoms with van der Waals surface area (Å²) >= 11 is 0.255. The molecule has 2 aliphatic rings. The maximum absolute atomic E-state index is 7.62. The van der Waals surface area contributed by atoms with Crippen LogP contribution in [0.25, 0.3) is 12.2 Å². The Balaban J connectivity index is 1.92. The Bertz CT molecular complexity index is 849. The fourth-order valence-corrected chi connectivity index (χ4v) is 20.2. The zero-order valence-corrected chi connectivity index (χ0v) is 17.7. The van der Waals surface area contributed by atoms with Crippen LogP contribution in [0.1, 0.15) is 36.4 Å². The Labute approximate surface area is 147 Å². The van der Waals surface area contributed by atoms with Gasteiger partial charge in [-0.3, -0.25) is 0 Å². The number of hydrogen-bond donors (Lipinski definition) is 0. The van der Waals surface area contributed by atoms with Crippen LogP contribution in [0.5, 0.6) is 0 Å². The van der Waals surface area contributed by atoms with Gasteiger partial charge in [0.1, 0.15) is 0 Å². The second kappa shape index (κ2) is 5.48. The van der Waals surface area contributed by atoms with E-state index in [4.69, 9.17) is 8.51 Å². The van der Waals surface area contributed by atoms with Gasteiger partial charge in [-0.25, -0.2) is 0 Å². The average molecular weight is 465 g/mol. The predicted octanol–water partition coefficient (Wildman–Crippen LogP) is 6.50. The number of fused-ring (bicyclic) bond motifs is 2. The van der Waals surface area contributed by atoms with E-state index in [0.29, 0.717) is 0 Å². The Hall–Kier alpha value is -0.557. The topological polar surface area (TPSA) is 0 Å². The molecule has 3 heteroatoms. The van der Waals surface area contributed by atoms with Crippen LogP contribution < -0.4 is 0 Å². The molecule has 0 nitrogen and oxygen atoms in total. The van der Waals surface area contributed by atoms with Gasteiger partial charge >= 0.3 is 148 Å². The van der Waals surface area contributed by atoms with E-state index in [9.17, 15) is 0 Å². The van der Waals surface area contributed by atoms with Gasteiger partial charge in [0, 0.05) is 0 Å². The molecule has 0 saturated carbocycles. The molecule has 0 spiro atoms. The standard InChI is InChI=1S/2C9H7.C2H4.BrH.ClH.Zr/c2*1-2-5-9-7-3-6-8(9)4-1;1-2;;;/h2*1-7H;1H,2H3;2*1H;/q;;;;;+2/p-2. The van der Waals surface area contributed by atoms with E-state index in [1.54, 1.807) is 0 Å². The van der Waals surface area contributed by atoms with Gasteiger partial charge in [0.15, 0.2) is 0 Å². The monoisotopic (exact) mass is 462 g/mol. The van der Waals surface area contributed by atoms with Gasteiger partial charge in [-0.1, -0.05) is 0 Å². The number of halogens is 2. The first kappa shape index (κ1) is 15.9. The maximum atomic E-state index is 7.62. The Morgan fingerprint density at radius 2 is 1.30 bits per heavy atom. The van der Waals surface area contributed by atoms with Crippen molar-refractivity contribution in [3.63, 3.8) is 0 Å². The predicted molar refractivity (Wildman–Crippen MR) is 103 cm³/mol. The van der Waals surface area contributed by atoms with Gasteiger partial charge in [-0.15, -0.1) is 0 Å². The first-order valence-corrected chi connectivity index (χ1v) is 21.0. The normalized spacial score (nSPS) is 22.1. The van der Waals surface area contributed by atoms with Crippen LogP contribution >= 0.6 is 20.7 Å². The van der Waals surface area contributed by atoms with Crippen molar-refractivity contribution in [2.75, 3.05) is 0 Å². The van der Waals surface area contributed by atoms with Crippen molar-refractivity contribution in [1.29, 1.82) is 0 Å². The van der Waals surface area contributed by atoms with E-state index in [-0.39, 0.29) is 7.25 Å². The van der Waals surface area contributed by atoms with E-state index in [2.05, 4.69) is 95.7 Å². The molecule has 0 aromatic heterocycles. The molecule has 0 bridgehead atoms. The van der Waals surface area contributed by atoms with Crippen LogP contribution in [0.4, 0.5) is 0 Å². The van der Waals surface area contributed by atoms with Gasteiger partial charge in [0.05, 0.1) is 0 Å². The molecule has 0 N–H and O–H groups in total. The van der Waals surface area contributed by atoms with Crippen molar-refractivity contribution in [2.45, 2.75) is 14.2 Å². The molecular formula is C20H18BrClZr. The summed E-state index contributed by atoms with van der Waals surface area (Å²) in [5.41, 5.74) is 5.33. The fourth-order valence-electron chi connectivity index (χ4n) is 4.01. The fraction of sp³-hybridized carbons (Fsp3) is 0.150. The summed E-state index contributed by atoms with van der Waals surface area (Å²) in [6.45, 7) is 2.14. The summed E-state index contributed by atoms with van der Waals surface area (Å²) in [5.74, 6) is 0. The van der Waals surface area contributed by atoms with Crippen molar-refractivity contribution < 1.29 is 14.8 Å². The van der Waals surface area contributed by atoms with Crippen molar-refractivity contribution in [3.8, 4) is 0 Å². The number of rotatable bonds is 2. The molecule has 2 atom stereocenters. The molecule has 23 heavy (non-hydrogen) atoms. The van der Waals surface area contributed by atoms with Crippen LogP contribution in [0.15, 0.2) is 60.7 Å². The van der Waals surface area contributed by atoms with E-state index >= 15 is 0 Å². The summed E-state index contributed by atoms with van der Waals surface area (Å²) in [6.07, 6.45) is 9.08. The van der Waals surface area contributed by atoms with Gasteiger partial charge in [-0.05, 0) is 0 Å². The van der Waals surface area contributed by atoms with Crippen molar-refractivity contribution in [2.24, 2.45) is 0 Å². The first-order valence-electron chi connectivity index (χ1n) is 7.96. The molecule has 2 aromatic rings. The average Bonchev–Trinajstić information content (AvgIpc) is 3.20. The summed E-state index contributed by atoms with van der Waals surface area (Å²) in [4.78, 5) is 0. The molecular weight excluding hydrogens is 447 g/mol. The molecule has 0 radical (unpaired) electrons. The summed E-state index contributed by atoms with van der Waals surface area (Å²) in [6, 6.07) is 17.2. The third-order valence-electron chi connectivity index (χ3n) is 5.34. The van der Waals surface area contributed by atoms with Crippen molar-refractivity contribution in [1.82, 2.24) is 0 Å². The second-order valence-electron chi connectivity index (χ2n) is 6.45. The van der Waals surface area contributed by atoms with Crippen molar-refractivity contribution >= 4 is 36.6 Å². The molecule has 2 aliphatic carbocycles. The van der Waals surface area contributed by atoms with Crippen LogP contribution in [0.3, 0.4) is 0 Å². The van der Waals surface area contributed by atoms with Gasteiger partial charge in [0.2, 0.25) is 0 Å². The van der Waals surface area contributed by atoms with Gasteiger partial charge < -0.3 is 0 Å². The Kier molecular flexibility index (Phi) is 3.80.